The number of aliphatic hydroxyl groups excluding tert-OH is 1. The second-order valence-corrected chi connectivity index (χ2v) is 5.52. The van der Waals surface area contributed by atoms with Crippen LogP contribution in [0.5, 0.6) is 0 Å². The number of benzene rings is 1. The van der Waals surface area contributed by atoms with Crippen molar-refractivity contribution in [3.05, 3.63) is 47.5 Å². The molecule has 0 heterocycles. The van der Waals surface area contributed by atoms with E-state index in [1.165, 1.54) is 5.57 Å². The van der Waals surface area contributed by atoms with Gasteiger partial charge >= 0.3 is 0 Å². The number of rotatable bonds is 5. The quantitative estimate of drug-likeness (QED) is 0.840. The first-order valence-corrected chi connectivity index (χ1v) is 7.08. The highest BCUT2D eigenvalue weighted by Crippen LogP contribution is 2.39. The van der Waals surface area contributed by atoms with Gasteiger partial charge in [-0.15, -0.1) is 0 Å². The van der Waals surface area contributed by atoms with E-state index >= 15 is 0 Å². The molecule has 3 nitrogen and oxygen atoms in total. The zero-order valence-corrected chi connectivity index (χ0v) is 12.5. The fourth-order valence-electron chi connectivity index (χ4n) is 3.16. The Hall–Kier alpha value is -1.16. The molecule has 4 atom stereocenters. The van der Waals surface area contributed by atoms with Gasteiger partial charge in [-0.1, -0.05) is 42.0 Å². The molecule has 1 aliphatic rings. The lowest BCUT2D eigenvalue weighted by Gasteiger charge is -2.39. The number of aliphatic hydroxyl groups is 1. The van der Waals surface area contributed by atoms with Crippen molar-refractivity contribution >= 4 is 0 Å². The summed E-state index contributed by atoms with van der Waals surface area (Å²) in [6, 6.07) is 10.2. The summed E-state index contributed by atoms with van der Waals surface area (Å²) in [5.41, 5.74) is 2.42. The first kappa shape index (κ1) is 15.2. The summed E-state index contributed by atoms with van der Waals surface area (Å²) in [4.78, 5) is 0. The van der Waals surface area contributed by atoms with E-state index in [0.717, 1.165) is 5.56 Å². The van der Waals surface area contributed by atoms with E-state index in [0.29, 0.717) is 13.2 Å². The minimum Gasteiger partial charge on any atom is -0.392 e. The third-order valence-corrected chi connectivity index (χ3v) is 4.24. The molecule has 0 saturated carbocycles. The molecule has 1 aromatic carbocycles. The molecule has 110 valence electrons. The molecule has 0 spiro atoms. The van der Waals surface area contributed by atoms with E-state index < -0.39 is 6.10 Å². The molecule has 3 heteroatoms. The van der Waals surface area contributed by atoms with Gasteiger partial charge in [0, 0.05) is 32.0 Å². The van der Waals surface area contributed by atoms with Crippen LogP contribution in [0.4, 0.5) is 0 Å². The van der Waals surface area contributed by atoms with Crippen LogP contribution in [-0.4, -0.2) is 38.6 Å². The maximum atomic E-state index is 10.7. The minimum atomic E-state index is -0.443. The molecule has 0 fully saturated rings. The molecular formula is C17H24O3. The zero-order chi connectivity index (χ0) is 14.5. The maximum Gasteiger partial charge on any atom is 0.0700 e. The van der Waals surface area contributed by atoms with E-state index in [1.807, 2.05) is 18.2 Å². The lowest BCUT2D eigenvalue weighted by Crippen LogP contribution is -2.41. The molecule has 0 amide bonds. The smallest absolute Gasteiger partial charge is 0.0700 e. The van der Waals surface area contributed by atoms with E-state index in [-0.39, 0.29) is 17.8 Å². The molecule has 2 rings (SSSR count). The second-order valence-electron chi connectivity index (χ2n) is 5.52. The summed E-state index contributed by atoms with van der Waals surface area (Å²) in [5, 5.41) is 10.7. The van der Waals surface area contributed by atoms with E-state index in [2.05, 4.69) is 25.1 Å². The lowest BCUT2D eigenvalue weighted by molar-refractivity contribution is -0.00991. The van der Waals surface area contributed by atoms with Gasteiger partial charge in [0.1, 0.15) is 0 Å². The first-order chi connectivity index (χ1) is 9.69. The summed E-state index contributed by atoms with van der Waals surface area (Å²) in [6.45, 7) is 3.28. The van der Waals surface area contributed by atoms with Crippen LogP contribution in [0.3, 0.4) is 0 Å². The highest BCUT2D eigenvalue weighted by atomic mass is 16.5. The van der Waals surface area contributed by atoms with Gasteiger partial charge in [-0.05, 0) is 12.5 Å². The van der Waals surface area contributed by atoms with Gasteiger partial charge in [0.2, 0.25) is 0 Å². The Bertz CT molecular complexity index is 441. The normalized spacial score (nSPS) is 30.1. The standard InChI is InChI=1S/C17H24O3/c1-12-9-14(13-7-5-4-6-8-13)17(18)16(11-20-3)15(12)10-19-2/h4-9,14-18H,10-11H2,1-3H3/t14-,15-,16-,17+/m1/s1. The second kappa shape index (κ2) is 7.02. The zero-order valence-electron chi connectivity index (χ0n) is 12.5. The summed E-state index contributed by atoms with van der Waals surface area (Å²) in [7, 11) is 3.38. The van der Waals surface area contributed by atoms with Crippen LogP contribution in [0.15, 0.2) is 42.0 Å². The average Bonchev–Trinajstić information content (AvgIpc) is 2.47. The molecule has 1 aliphatic carbocycles. The molecule has 1 aromatic rings. The molecule has 0 aromatic heterocycles. The van der Waals surface area contributed by atoms with Crippen LogP contribution < -0.4 is 0 Å². The predicted molar refractivity (Wildman–Crippen MR) is 79.7 cm³/mol. The molecule has 0 radical (unpaired) electrons. The summed E-state index contributed by atoms with van der Waals surface area (Å²) < 4.78 is 10.6. The van der Waals surface area contributed by atoms with Gasteiger partial charge in [0.25, 0.3) is 0 Å². The fourth-order valence-corrected chi connectivity index (χ4v) is 3.16. The third-order valence-electron chi connectivity index (χ3n) is 4.24. The van der Waals surface area contributed by atoms with Crippen molar-refractivity contribution in [3.8, 4) is 0 Å². The van der Waals surface area contributed by atoms with Crippen molar-refractivity contribution in [2.75, 3.05) is 27.4 Å². The van der Waals surface area contributed by atoms with Crippen molar-refractivity contribution in [1.29, 1.82) is 0 Å². The molecule has 0 unspecified atom stereocenters. The molecular weight excluding hydrogens is 252 g/mol. The summed E-state index contributed by atoms with van der Waals surface area (Å²) in [5.74, 6) is 0.314. The summed E-state index contributed by atoms with van der Waals surface area (Å²) in [6.07, 6.45) is 1.73. The molecule has 1 N–H and O–H groups in total. The van der Waals surface area contributed by atoms with Crippen molar-refractivity contribution < 1.29 is 14.6 Å². The van der Waals surface area contributed by atoms with Gasteiger partial charge < -0.3 is 14.6 Å². The molecule has 20 heavy (non-hydrogen) atoms. The van der Waals surface area contributed by atoms with Gasteiger partial charge in [-0.3, -0.25) is 0 Å². The van der Waals surface area contributed by atoms with Crippen LogP contribution in [0, 0.1) is 11.8 Å². The Morgan fingerprint density at radius 2 is 1.70 bits per heavy atom. The minimum absolute atomic E-state index is 0.0319. The highest BCUT2D eigenvalue weighted by molar-refractivity contribution is 5.30. The first-order valence-electron chi connectivity index (χ1n) is 7.08. The molecule has 0 bridgehead atoms. The maximum absolute atomic E-state index is 10.7. The van der Waals surface area contributed by atoms with Crippen molar-refractivity contribution in [3.63, 3.8) is 0 Å². The van der Waals surface area contributed by atoms with Crippen LogP contribution in [0.2, 0.25) is 0 Å². The van der Waals surface area contributed by atoms with Gasteiger partial charge in [-0.25, -0.2) is 0 Å². The number of hydrogen-bond donors (Lipinski definition) is 1. The number of ether oxygens (including phenoxy) is 2. The molecule has 0 aliphatic heterocycles. The Morgan fingerprint density at radius 1 is 1.05 bits per heavy atom. The highest BCUT2D eigenvalue weighted by Gasteiger charge is 2.38. The average molecular weight is 276 g/mol. The van der Waals surface area contributed by atoms with Crippen LogP contribution in [-0.2, 0) is 9.47 Å². The van der Waals surface area contributed by atoms with Crippen LogP contribution in [0.25, 0.3) is 0 Å². The third kappa shape index (κ3) is 3.11. The number of hydrogen-bond acceptors (Lipinski definition) is 3. The van der Waals surface area contributed by atoms with Gasteiger partial charge in [0.15, 0.2) is 0 Å². The lowest BCUT2D eigenvalue weighted by atomic mass is 9.71. The topological polar surface area (TPSA) is 38.7 Å². The predicted octanol–water partition coefficient (Wildman–Crippen LogP) is 2.62. The van der Waals surface area contributed by atoms with E-state index in [4.69, 9.17) is 9.47 Å². The van der Waals surface area contributed by atoms with Gasteiger partial charge in [0.05, 0.1) is 19.3 Å². The van der Waals surface area contributed by atoms with Crippen molar-refractivity contribution in [2.24, 2.45) is 11.8 Å². The van der Waals surface area contributed by atoms with Gasteiger partial charge in [-0.2, -0.15) is 0 Å². The fraction of sp³-hybridized carbons (Fsp3) is 0.529. The van der Waals surface area contributed by atoms with E-state index in [1.54, 1.807) is 14.2 Å². The van der Waals surface area contributed by atoms with Crippen molar-refractivity contribution in [2.45, 2.75) is 18.9 Å². The van der Waals surface area contributed by atoms with Crippen LogP contribution >= 0.6 is 0 Å². The molecule has 0 saturated heterocycles. The van der Waals surface area contributed by atoms with Crippen LogP contribution in [0.1, 0.15) is 18.4 Å². The van der Waals surface area contributed by atoms with E-state index in [9.17, 15) is 5.11 Å². The van der Waals surface area contributed by atoms with Crippen molar-refractivity contribution in [1.82, 2.24) is 0 Å². The Kier molecular flexibility index (Phi) is 5.35. The largest absolute Gasteiger partial charge is 0.392 e. The summed E-state index contributed by atoms with van der Waals surface area (Å²) >= 11 is 0. The Balaban J connectivity index is 2.31. The number of methoxy groups -OCH3 is 2. The Morgan fingerprint density at radius 3 is 2.30 bits per heavy atom. The Labute approximate surface area is 121 Å². The SMILES string of the molecule is COC[C@H]1[C@@H](O)[C@@H](c2ccccc2)C=C(C)[C@H]1COC. The monoisotopic (exact) mass is 276 g/mol.